The van der Waals surface area contributed by atoms with E-state index in [1.54, 1.807) is 12.1 Å². The smallest absolute Gasteiger partial charge is 0.228 e. The highest BCUT2D eigenvalue weighted by molar-refractivity contribution is 7.88. The van der Waals surface area contributed by atoms with E-state index in [9.17, 15) is 17.6 Å². The summed E-state index contributed by atoms with van der Waals surface area (Å²) in [5.41, 5.74) is 1.08. The molecule has 0 saturated heterocycles. The highest BCUT2D eigenvalue weighted by Gasteiger charge is 2.12. The van der Waals surface area contributed by atoms with Gasteiger partial charge in [-0.2, -0.15) is 0 Å². The lowest BCUT2D eigenvalue weighted by atomic mass is 10.1. The Bertz CT molecular complexity index is 803. The largest absolute Gasteiger partial charge is 0.326 e. The van der Waals surface area contributed by atoms with Crippen molar-refractivity contribution in [3.8, 4) is 0 Å². The number of primary sulfonamides is 1. The van der Waals surface area contributed by atoms with Crippen molar-refractivity contribution in [2.45, 2.75) is 12.2 Å². The van der Waals surface area contributed by atoms with E-state index in [1.165, 1.54) is 30.3 Å². The van der Waals surface area contributed by atoms with Gasteiger partial charge in [-0.15, -0.1) is 0 Å². The predicted molar refractivity (Wildman–Crippen MR) is 87.0 cm³/mol. The molecule has 0 fully saturated rings. The van der Waals surface area contributed by atoms with Gasteiger partial charge < -0.3 is 5.32 Å². The van der Waals surface area contributed by atoms with E-state index in [0.717, 1.165) is 0 Å². The number of sulfonamides is 1. The average Bonchev–Trinajstić information content (AvgIpc) is 2.44. The van der Waals surface area contributed by atoms with Crippen LogP contribution in [-0.4, -0.2) is 14.3 Å². The molecule has 3 N–H and O–H groups in total. The molecule has 0 bridgehead atoms. The minimum Gasteiger partial charge on any atom is -0.326 e. The van der Waals surface area contributed by atoms with Crippen LogP contribution in [0.2, 0.25) is 5.02 Å². The van der Waals surface area contributed by atoms with Crippen molar-refractivity contribution in [2.75, 3.05) is 5.32 Å². The molecule has 0 aliphatic carbocycles. The van der Waals surface area contributed by atoms with Crippen molar-refractivity contribution in [1.29, 1.82) is 0 Å². The van der Waals surface area contributed by atoms with Crippen LogP contribution in [0.15, 0.2) is 42.5 Å². The maximum Gasteiger partial charge on any atom is 0.228 e. The van der Waals surface area contributed by atoms with Gasteiger partial charge in [0.05, 0.1) is 12.2 Å². The molecule has 0 spiro atoms. The Morgan fingerprint density at radius 1 is 1.17 bits per heavy atom. The molecule has 8 heteroatoms. The summed E-state index contributed by atoms with van der Waals surface area (Å²) in [6.07, 6.45) is -0.204. The summed E-state index contributed by atoms with van der Waals surface area (Å²) in [7, 11) is -3.61. The number of hydrogen-bond donors (Lipinski definition) is 2. The normalized spacial score (nSPS) is 11.3. The van der Waals surface area contributed by atoms with Gasteiger partial charge in [0, 0.05) is 16.3 Å². The molecule has 2 aromatic rings. The van der Waals surface area contributed by atoms with Crippen molar-refractivity contribution < 1.29 is 17.6 Å². The van der Waals surface area contributed by atoms with Crippen molar-refractivity contribution in [1.82, 2.24) is 0 Å². The standard InChI is InChI=1S/C15H14ClFN2O3S/c16-13-2-1-3-14(17)12(13)8-15(20)19-11-6-4-10(5-7-11)9-23(18,21)22/h1-7H,8-9H2,(H,19,20)(H2,18,21,22). The number of rotatable bonds is 5. The van der Waals surface area contributed by atoms with Crippen molar-refractivity contribution in [3.05, 3.63) is 64.4 Å². The first-order chi connectivity index (χ1) is 10.7. The van der Waals surface area contributed by atoms with E-state index in [2.05, 4.69) is 5.32 Å². The maximum absolute atomic E-state index is 13.6. The quantitative estimate of drug-likeness (QED) is 0.862. The van der Waals surface area contributed by atoms with Crippen LogP contribution in [-0.2, 0) is 27.0 Å². The van der Waals surface area contributed by atoms with E-state index in [1.807, 2.05) is 0 Å². The number of amides is 1. The lowest BCUT2D eigenvalue weighted by molar-refractivity contribution is -0.115. The second-order valence-corrected chi connectivity index (χ2v) is 6.95. The molecule has 23 heavy (non-hydrogen) atoms. The summed E-state index contributed by atoms with van der Waals surface area (Å²) >= 11 is 5.87. The third-order valence-electron chi connectivity index (χ3n) is 3.00. The molecule has 0 aliphatic heterocycles. The van der Waals surface area contributed by atoms with Crippen molar-refractivity contribution >= 4 is 33.2 Å². The van der Waals surface area contributed by atoms with Gasteiger partial charge in [0.25, 0.3) is 0 Å². The number of nitrogens with two attached hydrogens (primary N) is 1. The Morgan fingerprint density at radius 2 is 1.83 bits per heavy atom. The maximum atomic E-state index is 13.6. The van der Waals surface area contributed by atoms with Gasteiger partial charge in [0.1, 0.15) is 5.82 Å². The van der Waals surface area contributed by atoms with Gasteiger partial charge in [0.15, 0.2) is 0 Å². The number of carbonyl (C=O) groups excluding carboxylic acids is 1. The fraction of sp³-hybridized carbons (Fsp3) is 0.133. The first-order valence-corrected chi connectivity index (χ1v) is 8.66. The second kappa shape index (κ2) is 7.08. The predicted octanol–water partition coefficient (Wildman–Crippen LogP) is 2.45. The van der Waals surface area contributed by atoms with Gasteiger partial charge in [-0.3, -0.25) is 4.79 Å². The zero-order chi connectivity index (χ0) is 17.0. The van der Waals surface area contributed by atoms with Gasteiger partial charge in [0.2, 0.25) is 15.9 Å². The molecule has 122 valence electrons. The van der Waals surface area contributed by atoms with E-state index in [0.29, 0.717) is 11.3 Å². The number of carbonyl (C=O) groups is 1. The Kier molecular flexibility index (Phi) is 5.35. The highest BCUT2D eigenvalue weighted by Crippen LogP contribution is 2.20. The summed E-state index contributed by atoms with van der Waals surface area (Å²) in [6, 6.07) is 10.4. The molecular weight excluding hydrogens is 343 g/mol. The highest BCUT2D eigenvalue weighted by atomic mass is 35.5. The summed E-state index contributed by atoms with van der Waals surface area (Å²) in [6.45, 7) is 0. The molecule has 0 heterocycles. The number of nitrogens with one attached hydrogen (secondary N) is 1. The van der Waals surface area contributed by atoms with Crippen molar-refractivity contribution in [2.24, 2.45) is 5.14 Å². The summed E-state index contributed by atoms with van der Waals surface area (Å²) in [5, 5.41) is 7.73. The van der Waals surface area contributed by atoms with Crippen LogP contribution in [0, 0.1) is 5.82 Å². The van der Waals surface area contributed by atoms with E-state index in [-0.39, 0.29) is 22.8 Å². The summed E-state index contributed by atoms with van der Waals surface area (Å²) in [4.78, 5) is 11.9. The minimum absolute atomic E-state index is 0.123. The number of benzene rings is 2. The van der Waals surface area contributed by atoms with Crippen LogP contribution in [0.1, 0.15) is 11.1 Å². The lowest BCUT2D eigenvalue weighted by Gasteiger charge is -2.08. The van der Waals surface area contributed by atoms with Crippen LogP contribution < -0.4 is 10.5 Å². The molecule has 0 atom stereocenters. The van der Waals surface area contributed by atoms with Gasteiger partial charge in [-0.05, 0) is 29.8 Å². The SMILES string of the molecule is NS(=O)(=O)Cc1ccc(NC(=O)Cc2c(F)cccc2Cl)cc1. The Labute approximate surface area is 138 Å². The first-order valence-electron chi connectivity index (χ1n) is 6.57. The van der Waals surface area contributed by atoms with Crippen LogP contribution in [0.4, 0.5) is 10.1 Å². The number of hydrogen-bond acceptors (Lipinski definition) is 3. The van der Waals surface area contributed by atoms with E-state index in [4.69, 9.17) is 16.7 Å². The molecular formula is C15H14ClFN2O3S. The summed E-state index contributed by atoms with van der Waals surface area (Å²) in [5.74, 6) is -1.26. The Balaban J connectivity index is 2.03. The number of anilines is 1. The molecule has 2 aromatic carbocycles. The molecule has 5 nitrogen and oxygen atoms in total. The summed E-state index contributed by atoms with van der Waals surface area (Å²) < 4.78 is 35.6. The van der Waals surface area contributed by atoms with E-state index < -0.39 is 21.7 Å². The molecule has 0 saturated carbocycles. The third-order valence-corrected chi connectivity index (χ3v) is 4.09. The van der Waals surface area contributed by atoms with Gasteiger partial charge >= 0.3 is 0 Å². The Morgan fingerprint density at radius 3 is 2.39 bits per heavy atom. The van der Waals surface area contributed by atoms with Gasteiger partial charge in [-0.1, -0.05) is 29.8 Å². The average molecular weight is 357 g/mol. The Hall–Kier alpha value is -1.96. The molecule has 0 radical (unpaired) electrons. The third kappa shape index (κ3) is 5.31. The lowest BCUT2D eigenvalue weighted by Crippen LogP contribution is -2.16. The van der Waals surface area contributed by atoms with Crippen LogP contribution in [0.3, 0.4) is 0 Å². The second-order valence-electron chi connectivity index (χ2n) is 4.93. The molecule has 1 amide bonds. The fourth-order valence-electron chi connectivity index (χ4n) is 1.98. The molecule has 0 aromatic heterocycles. The minimum atomic E-state index is -3.61. The zero-order valence-corrected chi connectivity index (χ0v) is 13.5. The first kappa shape index (κ1) is 17.4. The van der Waals surface area contributed by atoms with Crippen LogP contribution in [0.5, 0.6) is 0 Å². The zero-order valence-electron chi connectivity index (χ0n) is 11.9. The molecule has 0 aliphatic rings. The van der Waals surface area contributed by atoms with Crippen LogP contribution in [0.25, 0.3) is 0 Å². The van der Waals surface area contributed by atoms with E-state index >= 15 is 0 Å². The fourth-order valence-corrected chi connectivity index (χ4v) is 2.87. The molecule has 0 unspecified atom stereocenters. The van der Waals surface area contributed by atoms with Crippen molar-refractivity contribution in [3.63, 3.8) is 0 Å². The topological polar surface area (TPSA) is 89.3 Å². The molecule has 2 rings (SSSR count). The van der Waals surface area contributed by atoms with Crippen LogP contribution >= 0.6 is 11.6 Å². The monoisotopic (exact) mass is 356 g/mol. The van der Waals surface area contributed by atoms with Gasteiger partial charge in [-0.25, -0.2) is 17.9 Å². The number of halogens is 2.